The molecule has 1 saturated heterocycles. The van der Waals surface area contributed by atoms with E-state index in [2.05, 4.69) is 5.32 Å². The summed E-state index contributed by atoms with van der Waals surface area (Å²) in [6, 6.07) is 6.62. The van der Waals surface area contributed by atoms with Crippen molar-refractivity contribution in [2.24, 2.45) is 0 Å². The van der Waals surface area contributed by atoms with Crippen molar-refractivity contribution in [1.29, 1.82) is 0 Å². The van der Waals surface area contributed by atoms with Gasteiger partial charge in [-0.05, 0) is 37.6 Å². The van der Waals surface area contributed by atoms with Crippen molar-refractivity contribution in [3.8, 4) is 0 Å². The minimum atomic E-state index is -2.72. The van der Waals surface area contributed by atoms with Crippen molar-refractivity contribution in [3.05, 3.63) is 34.9 Å². The molecule has 0 aromatic heterocycles. The molecule has 0 aliphatic carbocycles. The molecule has 0 spiro atoms. The Morgan fingerprint density at radius 2 is 1.88 bits per heavy atom. The fourth-order valence-corrected chi connectivity index (χ4v) is 2.25. The second kappa shape index (κ2) is 3.97. The average molecular weight is 246 g/mol. The molecule has 1 atom stereocenters. The summed E-state index contributed by atoms with van der Waals surface area (Å²) < 4.78 is 27.9. The summed E-state index contributed by atoms with van der Waals surface area (Å²) in [4.78, 5) is 0. The van der Waals surface area contributed by atoms with Crippen LogP contribution in [0.3, 0.4) is 0 Å². The highest BCUT2D eigenvalue weighted by molar-refractivity contribution is 6.30. The minimum Gasteiger partial charge on any atom is -0.303 e. The Kier molecular flexibility index (Phi) is 2.93. The molecule has 2 rings (SSSR count). The van der Waals surface area contributed by atoms with Gasteiger partial charge in [0, 0.05) is 11.4 Å². The Morgan fingerprint density at radius 3 is 2.44 bits per heavy atom. The van der Waals surface area contributed by atoms with Crippen molar-refractivity contribution in [1.82, 2.24) is 5.32 Å². The number of piperidine rings is 1. The number of hydrogen-bond donors (Lipinski definition) is 1. The van der Waals surface area contributed by atoms with Crippen molar-refractivity contribution < 1.29 is 8.78 Å². The number of halogens is 3. The normalized spacial score (nSPS) is 29.0. The molecule has 0 radical (unpaired) electrons. The summed E-state index contributed by atoms with van der Waals surface area (Å²) in [5, 5.41) is 3.49. The molecule has 0 bridgehead atoms. The van der Waals surface area contributed by atoms with Crippen LogP contribution in [0.5, 0.6) is 0 Å². The molecule has 0 saturated carbocycles. The molecule has 1 aromatic rings. The van der Waals surface area contributed by atoms with E-state index in [-0.39, 0.29) is 6.42 Å². The van der Waals surface area contributed by atoms with Crippen molar-refractivity contribution in [3.63, 3.8) is 0 Å². The lowest BCUT2D eigenvalue weighted by molar-refractivity contribution is -0.110. The summed E-state index contributed by atoms with van der Waals surface area (Å²) in [6.07, 6.45) is 0.440. The fraction of sp³-hybridized carbons (Fsp3) is 0.500. The smallest absolute Gasteiger partial charge is 0.269 e. The predicted octanol–water partition coefficient (Wildman–Crippen LogP) is 3.57. The van der Waals surface area contributed by atoms with Crippen LogP contribution in [-0.4, -0.2) is 12.5 Å². The molecule has 1 fully saturated rings. The molecule has 1 nitrogen and oxygen atoms in total. The first kappa shape index (κ1) is 11.8. The van der Waals surface area contributed by atoms with Crippen LogP contribution in [0.1, 0.15) is 25.3 Å². The maximum absolute atomic E-state index is 13.9. The van der Waals surface area contributed by atoms with Gasteiger partial charge in [-0.2, -0.15) is 0 Å². The van der Waals surface area contributed by atoms with E-state index in [4.69, 9.17) is 11.6 Å². The summed E-state index contributed by atoms with van der Waals surface area (Å²) >= 11 is 5.76. The highest BCUT2D eigenvalue weighted by Crippen LogP contribution is 2.43. The molecule has 1 unspecified atom stereocenters. The lowest BCUT2D eigenvalue weighted by Gasteiger charge is -2.42. The fourth-order valence-electron chi connectivity index (χ4n) is 2.12. The molecule has 1 aliphatic heterocycles. The van der Waals surface area contributed by atoms with E-state index >= 15 is 0 Å². The SMILES string of the molecule is CC1(c2ccc(Cl)cc2)NCCCC1(F)F. The Balaban J connectivity index is 2.39. The van der Waals surface area contributed by atoms with E-state index < -0.39 is 11.5 Å². The van der Waals surface area contributed by atoms with Gasteiger partial charge in [-0.25, -0.2) is 8.78 Å². The zero-order valence-electron chi connectivity index (χ0n) is 9.06. The van der Waals surface area contributed by atoms with Gasteiger partial charge in [-0.3, -0.25) is 0 Å². The Bertz CT molecular complexity index is 377. The van der Waals surface area contributed by atoms with Crippen LogP contribution in [0, 0.1) is 0 Å². The van der Waals surface area contributed by atoms with Gasteiger partial charge < -0.3 is 5.32 Å². The van der Waals surface area contributed by atoms with Crippen LogP contribution in [0.4, 0.5) is 8.78 Å². The first-order chi connectivity index (χ1) is 7.46. The van der Waals surface area contributed by atoms with Crippen molar-refractivity contribution in [2.75, 3.05) is 6.54 Å². The molecule has 1 aliphatic rings. The van der Waals surface area contributed by atoms with Crippen LogP contribution in [0.15, 0.2) is 24.3 Å². The van der Waals surface area contributed by atoms with Gasteiger partial charge in [-0.15, -0.1) is 0 Å². The van der Waals surface area contributed by atoms with E-state index in [1.165, 1.54) is 0 Å². The first-order valence-corrected chi connectivity index (χ1v) is 5.72. The number of hydrogen-bond acceptors (Lipinski definition) is 1. The zero-order chi connectivity index (χ0) is 11.8. The highest BCUT2D eigenvalue weighted by atomic mass is 35.5. The first-order valence-electron chi connectivity index (χ1n) is 5.35. The number of nitrogens with one attached hydrogen (secondary N) is 1. The molecular formula is C12H14ClF2N. The Morgan fingerprint density at radius 1 is 1.25 bits per heavy atom. The van der Waals surface area contributed by atoms with E-state index in [0.29, 0.717) is 23.6 Å². The molecule has 4 heteroatoms. The Labute approximate surface area is 98.8 Å². The van der Waals surface area contributed by atoms with Gasteiger partial charge in [0.15, 0.2) is 0 Å². The summed E-state index contributed by atoms with van der Waals surface area (Å²) in [6.45, 7) is 2.17. The van der Waals surface area contributed by atoms with E-state index in [1.807, 2.05) is 0 Å². The second-order valence-corrected chi connectivity index (χ2v) is 4.80. The Hall–Kier alpha value is -0.670. The lowest BCUT2D eigenvalue weighted by Crippen LogP contribution is -2.57. The molecule has 1 N–H and O–H groups in total. The molecule has 0 amide bonds. The lowest BCUT2D eigenvalue weighted by atomic mass is 9.80. The topological polar surface area (TPSA) is 12.0 Å². The van der Waals surface area contributed by atoms with Crippen LogP contribution >= 0.6 is 11.6 Å². The van der Waals surface area contributed by atoms with Crippen molar-refractivity contribution in [2.45, 2.75) is 31.2 Å². The zero-order valence-corrected chi connectivity index (χ0v) is 9.82. The third-order valence-electron chi connectivity index (χ3n) is 3.30. The van der Waals surface area contributed by atoms with Gasteiger partial charge >= 0.3 is 0 Å². The molecule has 88 valence electrons. The average Bonchev–Trinajstić information content (AvgIpc) is 2.23. The standard InChI is InChI=1S/C12H14ClF2N/c1-11(9-3-5-10(13)6-4-9)12(14,15)7-2-8-16-11/h3-6,16H,2,7-8H2,1H3. The van der Waals surface area contributed by atoms with Crippen LogP contribution in [-0.2, 0) is 5.54 Å². The number of alkyl halides is 2. The van der Waals surface area contributed by atoms with E-state index in [9.17, 15) is 8.78 Å². The van der Waals surface area contributed by atoms with Crippen LogP contribution in [0.2, 0.25) is 5.02 Å². The largest absolute Gasteiger partial charge is 0.303 e. The molecule has 1 heterocycles. The quantitative estimate of drug-likeness (QED) is 0.798. The van der Waals surface area contributed by atoms with Gasteiger partial charge in [0.25, 0.3) is 5.92 Å². The van der Waals surface area contributed by atoms with Crippen LogP contribution in [0.25, 0.3) is 0 Å². The summed E-state index contributed by atoms with van der Waals surface area (Å²) in [7, 11) is 0. The van der Waals surface area contributed by atoms with Crippen molar-refractivity contribution >= 4 is 11.6 Å². The minimum absolute atomic E-state index is 0.0703. The highest BCUT2D eigenvalue weighted by Gasteiger charge is 2.52. The second-order valence-electron chi connectivity index (χ2n) is 4.37. The molecular weight excluding hydrogens is 232 g/mol. The third-order valence-corrected chi connectivity index (χ3v) is 3.55. The van der Waals surface area contributed by atoms with E-state index in [1.54, 1.807) is 31.2 Å². The van der Waals surface area contributed by atoms with Gasteiger partial charge in [0.1, 0.15) is 5.54 Å². The summed E-state index contributed by atoms with van der Waals surface area (Å²) in [5.74, 6) is -2.72. The van der Waals surface area contributed by atoms with E-state index in [0.717, 1.165) is 0 Å². The molecule has 16 heavy (non-hydrogen) atoms. The van der Waals surface area contributed by atoms with Crippen LogP contribution < -0.4 is 5.32 Å². The predicted molar refractivity (Wildman–Crippen MR) is 61.0 cm³/mol. The number of benzene rings is 1. The van der Waals surface area contributed by atoms with Gasteiger partial charge in [0.05, 0.1) is 0 Å². The maximum Gasteiger partial charge on any atom is 0.269 e. The monoisotopic (exact) mass is 245 g/mol. The van der Waals surface area contributed by atoms with Gasteiger partial charge in [-0.1, -0.05) is 23.7 Å². The third kappa shape index (κ3) is 1.82. The molecule has 1 aromatic carbocycles. The number of rotatable bonds is 1. The maximum atomic E-state index is 13.9. The summed E-state index contributed by atoms with van der Waals surface area (Å²) in [5.41, 5.74) is -0.697. The van der Waals surface area contributed by atoms with Gasteiger partial charge in [0.2, 0.25) is 0 Å².